The lowest BCUT2D eigenvalue weighted by Gasteiger charge is -1.56. The highest BCUT2D eigenvalue weighted by Gasteiger charge is 2.33. The third-order valence-electron chi connectivity index (χ3n) is 0.588. The van der Waals surface area contributed by atoms with Gasteiger partial charge in [-0.2, -0.15) is 0 Å². The van der Waals surface area contributed by atoms with E-state index < -0.39 is 0 Å². The zero-order valence-electron chi connectivity index (χ0n) is 2.93. The number of ether oxygens (including phenoxy) is 1. The third-order valence-corrected chi connectivity index (χ3v) is 0.588. The summed E-state index contributed by atoms with van der Waals surface area (Å²) in [6.45, 7) is 1.79. The number of epoxide rings is 1. The van der Waals surface area contributed by atoms with E-state index in [0.29, 0.717) is 0 Å². The molecule has 0 amide bonds. The van der Waals surface area contributed by atoms with Crippen molar-refractivity contribution in [1.29, 1.82) is 0 Å². The molecule has 0 aromatic rings. The molecular formula is C3H5O2. The van der Waals surface area contributed by atoms with Crippen LogP contribution in [0.3, 0.4) is 0 Å². The Labute approximate surface area is 30.4 Å². The van der Waals surface area contributed by atoms with Crippen LogP contribution in [0, 0.1) is 6.29 Å². The molecule has 0 saturated carbocycles. The first kappa shape index (κ1) is 3.12. The van der Waals surface area contributed by atoms with Gasteiger partial charge >= 0.3 is 0 Å². The Morgan fingerprint density at radius 1 is 2.00 bits per heavy atom. The second-order valence-electron chi connectivity index (χ2n) is 1.10. The minimum Gasteiger partial charge on any atom is -0.359 e. The average molecular weight is 73.1 g/mol. The highest BCUT2D eigenvalue weighted by Crippen LogP contribution is 2.24. The van der Waals surface area contributed by atoms with Crippen LogP contribution in [-0.4, -0.2) is 11.2 Å². The van der Waals surface area contributed by atoms with Gasteiger partial charge in [0.25, 0.3) is 6.29 Å². The molecule has 0 aromatic heterocycles. The molecule has 1 rings (SSSR count). The lowest BCUT2D eigenvalue weighted by Crippen LogP contribution is -1.69. The fourth-order valence-electron chi connectivity index (χ4n) is 0.147. The van der Waals surface area contributed by atoms with Crippen LogP contribution in [0.5, 0.6) is 0 Å². The summed E-state index contributed by atoms with van der Waals surface area (Å²) in [4.78, 5) is 0. The van der Waals surface area contributed by atoms with Gasteiger partial charge < -0.3 is 9.84 Å². The summed E-state index contributed by atoms with van der Waals surface area (Å²) in [5.41, 5.74) is 0. The lowest BCUT2D eigenvalue weighted by molar-refractivity contribution is 0.252. The summed E-state index contributed by atoms with van der Waals surface area (Å²) < 4.78 is 4.39. The fourth-order valence-corrected chi connectivity index (χ4v) is 0.147. The maximum absolute atomic E-state index is 8.13. The Morgan fingerprint density at radius 2 is 2.20 bits per heavy atom. The van der Waals surface area contributed by atoms with Crippen LogP contribution in [0.1, 0.15) is 6.92 Å². The molecule has 0 bridgehead atoms. The fraction of sp³-hybridized carbons (Fsp3) is 0.667. The van der Waals surface area contributed by atoms with Crippen molar-refractivity contribution in [2.45, 2.75) is 13.0 Å². The van der Waals surface area contributed by atoms with Crippen LogP contribution in [0.25, 0.3) is 0 Å². The highest BCUT2D eigenvalue weighted by molar-refractivity contribution is 4.86. The predicted octanol–water partition coefficient (Wildman–Crippen LogP) is 0.267. The van der Waals surface area contributed by atoms with E-state index in [4.69, 9.17) is 5.11 Å². The van der Waals surface area contributed by atoms with Crippen molar-refractivity contribution >= 4 is 0 Å². The van der Waals surface area contributed by atoms with Crippen molar-refractivity contribution in [3.05, 3.63) is 6.29 Å². The number of hydrogen-bond donors (Lipinski definition) is 1. The van der Waals surface area contributed by atoms with E-state index in [1.54, 1.807) is 6.92 Å². The molecule has 1 saturated heterocycles. The van der Waals surface area contributed by atoms with Crippen LogP contribution in [0.4, 0.5) is 0 Å². The summed E-state index contributed by atoms with van der Waals surface area (Å²) in [6.07, 6.45) is 0.194. The van der Waals surface area contributed by atoms with Gasteiger partial charge in [0.15, 0.2) is 0 Å². The Bertz CT molecular complexity index is 38.2. The van der Waals surface area contributed by atoms with Gasteiger partial charge in [-0.3, -0.25) is 0 Å². The molecule has 1 fully saturated rings. The Balaban J connectivity index is 2.20. The van der Waals surface area contributed by atoms with Crippen molar-refractivity contribution in [3.63, 3.8) is 0 Å². The molecule has 1 aliphatic heterocycles. The number of rotatable bonds is 0. The zero-order chi connectivity index (χ0) is 3.86. The first-order valence-electron chi connectivity index (χ1n) is 1.53. The van der Waals surface area contributed by atoms with E-state index >= 15 is 0 Å². The molecule has 29 valence electrons. The minimum absolute atomic E-state index is 0.0231. The number of aliphatic hydroxyl groups is 1. The molecule has 5 heavy (non-hydrogen) atoms. The molecule has 1 unspecified atom stereocenters. The van der Waals surface area contributed by atoms with Gasteiger partial charge in [0, 0.05) is 0 Å². The van der Waals surface area contributed by atoms with Gasteiger partial charge in [-0.05, 0) is 6.92 Å². The number of aliphatic hydroxyl groups excluding tert-OH is 1. The smallest absolute Gasteiger partial charge is 0.251 e. The second kappa shape index (κ2) is 0.698. The van der Waals surface area contributed by atoms with Crippen molar-refractivity contribution in [3.8, 4) is 0 Å². The van der Waals surface area contributed by atoms with E-state index in [1.165, 1.54) is 0 Å². The molecule has 0 aromatic carbocycles. The molecule has 0 spiro atoms. The Morgan fingerprint density at radius 3 is 2.20 bits per heavy atom. The molecule has 1 radical (unpaired) electrons. The summed E-state index contributed by atoms with van der Waals surface area (Å²) in [7, 11) is 0. The Hall–Kier alpha value is -0.0800. The van der Waals surface area contributed by atoms with E-state index in [9.17, 15) is 0 Å². The molecule has 1 heterocycles. The van der Waals surface area contributed by atoms with Crippen molar-refractivity contribution < 1.29 is 9.84 Å². The quantitative estimate of drug-likeness (QED) is 0.417. The lowest BCUT2D eigenvalue weighted by atomic mass is 10.5. The van der Waals surface area contributed by atoms with Gasteiger partial charge in [-0.15, -0.1) is 0 Å². The molecular weight excluding hydrogens is 68.0 g/mol. The van der Waals surface area contributed by atoms with Crippen LogP contribution in [0.15, 0.2) is 0 Å². The number of hydrogen-bond acceptors (Lipinski definition) is 2. The predicted molar refractivity (Wildman–Crippen MR) is 15.7 cm³/mol. The standard InChI is InChI=1S/C3H5O2/c1-2-3(4)5-2/h2,4H,1H3. The maximum Gasteiger partial charge on any atom is 0.251 e. The third kappa shape index (κ3) is 0.412. The second-order valence-corrected chi connectivity index (χ2v) is 1.10. The summed E-state index contributed by atoms with van der Waals surface area (Å²) in [6, 6.07) is 0. The largest absolute Gasteiger partial charge is 0.359 e. The molecule has 2 heteroatoms. The van der Waals surface area contributed by atoms with Crippen LogP contribution in [-0.2, 0) is 4.74 Å². The van der Waals surface area contributed by atoms with E-state index in [0.717, 1.165) is 0 Å². The molecule has 1 aliphatic rings. The Kier molecular flexibility index (Phi) is 0.436. The van der Waals surface area contributed by atoms with Crippen LogP contribution < -0.4 is 0 Å². The normalized spacial score (nSPS) is 38.4. The first-order chi connectivity index (χ1) is 2.30. The van der Waals surface area contributed by atoms with E-state index in [-0.39, 0.29) is 12.4 Å². The maximum atomic E-state index is 8.13. The summed E-state index contributed by atoms with van der Waals surface area (Å²) in [5.74, 6) is 0. The van der Waals surface area contributed by atoms with Gasteiger partial charge in [0.2, 0.25) is 0 Å². The van der Waals surface area contributed by atoms with E-state index in [2.05, 4.69) is 4.74 Å². The van der Waals surface area contributed by atoms with Crippen molar-refractivity contribution in [2.75, 3.05) is 0 Å². The van der Waals surface area contributed by atoms with Gasteiger partial charge in [0.1, 0.15) is 6.10 Å². The summed E-state index contributed by atoms with van der Waals surface area (Å²) in [5, 5.41) is 8.13. The highest BCUT2D eigenvalue weighted by atomic mass is 16.7. The monoisotopic (exact) mass is 73.0 g/mol. The molecule has 1 atom stereocenters. The van der Waals surface area contributed by atoms with Gasteiger partial charge in [0.05, 0.1) is 0 Å². The van der Waals surface area contributed by atoms with Gasteiger partial charge in [-0.25, -0.2) is 0 Å². The summed E-state index contributed by atoms with van der Waals surface area (Å²) >= 11 is 0. The zero-order valence-corrected chi connectivity index (χ0v) is 2.93. The van der Waals surface area contributed by atoms with Crippen LogP contribution in [0.2, 0.25) is 0 Å². The molecule has 2 nitrogen and oxygen atoms in total. The van der Waals surface area contributed by atoms with Crippen molar-refractivity contribution in [1.82, 2.24) is 0 Å². The minimum atomic E-state index is 0.0231. The van der Waals surface area contributed by atoms with Crippen LogP contribution >= 0.6 is 0 Å². The van der Waals surface area contributed by atoms with Gasteiger partial charge in [-0.1, -0.05) is 0 Å². The molecule has 0 aliphatic carbocycles. The SMILES string of the molecule is CC1O[C]1O. The first-order valence-corrected chi connectivity index (χ1v) is 1.53. The molecule has 1 N–H and O–H groups in total. The topological polar surface area (TPSA) is 32.8 Å². The van der Waals surface area contributed by atoms with Crippen molar-refractivity contribution in [2.24, 2.45) is 0 Å². The van der Waals surface area contributed by atoms with E-state index in [1.807, 2.05) is 0 Å². The average Bonchev–Trinajstić information content (AvgIpc) is 1.79.